The topological polar surface area (TPSA) is 38.3 Å². The zero-order valence-electron chi connectivity index (χ0n) is 10.9. The fourth-order valence-electron chi connectivity index (χ4n) is 1.58. The predicted molar refractivity (Wildman–Crippen MR) is 74.0 cm³/mol. The summed E-state index contributed by atoms with van der Waals surface area (Å²) in [5.74, 6) is -0.340. The minimum absolute atomic E-state index is 0.340. The van der Waals surface area contributed by atoms with E-state index in [1.165, 1.54) is 6.08 Å². The van der Waals surface area contributed by atoms with Crippen LogP contribution in [0.1, 0.15) is 18.1 Å². The smallest absolute Gasteiger partial charge is 0.332 e. The maximum Gasteiger partial charge on any atom is 0.332 e. The van der Waals surface area contributed by atoms with Crippen LogP contribution in [0.5, 0.6) is 0 Å². The Morgan fingerprint density at radius 3 is 2.78 bits per heavy atom. The highest BCUT2D eigenvalue weighted by Gasteiger charge is 2.06. The van der Waals surface area contributed by atoms with Crippen molar-refractivity contribution in [2.45, 2.75) is 13.8 Å². The van der Waals surface area contributed by atoms with Crippen LogP contribution in [0.4, 0.5) is 0 Å². The zero-order valence-corrected chi connectivity index (χ0v) is 10.9. The maximum absolute atomic E-state index is 11.5. The average molecular weight is 245 g/mol. The number of nitrogens with one attached hydrogen (secondary N) is 1. The average Bonchev–Trinajstić information content (AvgIpc) is 2.35. The van der Waals surface area contributed by atoms with Crippen molar-refractivity contribution in [3.63, 3.8) is 0 Å². The third kappa shape index (κ3) is 4.09. The molecule has 0 heterocycles. The second-order valence-corrected chi connectivity index (χ2v) is 3.79. The van der Waals surface area contributed by atoms with Gasteiger partial charge in [0.1, 0.15) is 0 Å². The van der Waals surface area contributed by atoms with Crippen molar-refractivity contribution in [3.05, 3.63) is 54.1 Å². The van der Waals surface area contributed by atoms with Gasteiger partial charge in [-0.25, -0.2) is 4.79 Å². The number of benzene rings is 1. The SMILES string of the molecule is C=CCN/C(=C\C(=O)OCC)c1ccccc1C. The van der Waals surface area contributed by atoms with Gasteiger partial charge >= 0.3 is 5.97 Å². The van der Waals surface area contributed by atoms with Crippen LogP contribution in [0.25, 0.3) is 5.70 Å². The Hall–Kier alpha value is -2.03. The van der Waals surface area contributed by atoms with E-state index in [2.05, 4.69) is 11.9 Å². The summed E-state index contributed by atoms with van der Waals surface area (Å²) in [4.78, 5) is 11.5. The van der Waals surface area contributed by atoms with Crippen LogP contribution in [0.2, 0.25) is 0 Å². The van der Waals surface area contributed by atoms with E-state index in [0.717, 1.165) is 16.8 Å². The monoisotopic (exact) mass is 245 g/mol. The van der Waals surface area contributed by atoms with Crippen LogP contribution in [-0.2, 0) is 9.53 Å². The van der Waals surface area contributed by atoms with Crippen molar-refractivity contribution in [1.29, 1.82) is 0 Å². The number of hydrogen-bond donors (Lipinski definition) is 1. The summed E-state index contributed by atoms with van der Waals surface area (Å²) in [6.45, 7) is 8.42. The summed E-state index contributed by atoms with van der Waals surface area (Å²) >= 11 is 0. The molecule has 1 aromatic carbocycles. The van der Waals surface area contributed by atoms with E-state index in [-0.39, 0.29) is 5.97 Å². The van der Waals surface area contributed by atoms with Gasteiger partial charge in [0.2, 0.25) is 0 Å². The summed E-state index contributed by atoms with van der Waals surface area (Å²) in [5.41, 5.74) is 2.85. The summed E-state index contributed by atoms with van der Waals surface area (Å²) in [5, 5.41) is 3.16. The molecule has 0 atom stereocenters. The van der Waals surface area contributed by atoms with Gasteiger partial charge in [-0.15, -0.1) is 6.58 Å². The van der Waals surface area contributed by atoms with Gasteiger partial charge < -0.3 is 10.1 Å². The van der Waals surface area contributed by atoms with Gasteiger partial charge in [-0.3, -0.25) is 0 Å². The molecule has 0 aliphatic rings. The Morgan fingerprint density at radius 2 is 2.17 bits per heavy atom. The number of aryl methyl sites for hydroxylation is 1. The lowest BCUT2D eigenvalue weighted by Crippen LogP contribution is -2.15. The van der Waals surface area contributed by atoms with Crippen molar-refractivity contribution >= 4 is 11.7 Å². The number of rotatable bonds is 6. The van der Waals surface area contributed by atoms with Crippen LogP contribution in [-0.4, -0.2) is 19.1 Å². The Balaban J connectivity index is 3.01. The molecule has 0 aliphatic carbocycles. The van der Waals surface area contributed by atoms with Crippen molar-refractivity contribution < 1.29 is 9.53 Å². The minimum atomic E-state index is -0.340. The van der Waals surface area contributed by atoms with Crippen LogP contribution in [0, 0.1) is 6.92 Å². The highest BCUT2D eigenvalue weighted by atomic mass is 16.5. The molecule has 0 radical (unpaired) electrons. The summed E-state index contributed by atoms with van der Waals surface area (Å²) in [6, 6.07) is 7.88. The van der Waals surface area contributed by atoms with Gasteiger partial charge in [-0.2, -0.15) is 0 Å². The first-order chi connectivity index (χ1) is 8.69. The molecule has 3 nitrogen and oxygen atoms in total. The molecule has 0 fully saturated rings. The zero-order chi connectivity index (χ0) is 13.4. The van der Waals surface area contributed by atoms with E-state index >= 15 is 0 Å². The molecule has 0 aliphatic heterocycles. The first kappa shape index (κ1) is 14.0. The highest BCUT2D eigenvalue weighted by molar-refractivity contribution is 5.91. The second kappa shape index (κ2) is 7.33. The molecule has 1 aromatic rings. The van der Waals surface area contributed by atoms with Gasteiger partial charge in [0.05, 0.1) is 6.61 Å². The standard InChI is InChI=1S/C15H19NO2/c1-4-10-16-14(11-15(17)18-5-2)13-9-7-6-8-12(13)3/h4,6-9,11,16H,1,5,10H2,2-3H3/b14-11-. The normalized spacial score (nSPS) is 10.9. The van der Waals surface area contributed by atoms with Crippen molar-refractivity contribution in [3.8, 4) is 0 Å². The Morgan fingerprint density at radius 1 is 1.44 bits per heavy atom. The van der Waals surface area contributed by atoms with Crippen molar-refractivity contribution in [2.75, 3.05) is 13.2 Å². The van der Waals surface area contributed by atoms with Crippen LogP contribution in [0.15, 0.2) is 43.0 Å². The molecule has 18 heavy (non-hydrogen) atoms. The Kier molecular flexibility index (Phi) is 5.71. The van der Waals surface area contributed by atoms with E-state index in [0.29, 0.717) is 13.2 Å². The lowest BCUT2D eigenvalue weighted by Gasteiger charge is -2.12. The number of carbonyl (C=O) groups excluding carboxylic acids is 1. The van der Waals surface area contributed by atoms with Gasteiger partial charge in [0.15, 0.2) is 0 Å². The van der Waals surface area contributed by atoms with E-state index in [4.69, 9.17) is 4.74 Å². The van der Waals surface area contributed by atoms with Crippen molar-refractivity contribution in [2.24, 2.45) is 0 Å². The second-order valence-electron chi connectivity index (χ2n) is 3.79. The fraction of sp³-hybridized carbons (Fsp3) is 0.267. The van der Waals surface area contributed by atoms with Gasteiger partial charge in [0.25, 0.3) is 0 Å². The molecule has 0 unspecified atom stereocenters. The third-order valence-electron chi connectivity index (χ3n) is 2.42. The Bertz CT molecular complexity index is 450. The number of esters is 1. The van der Waals surface area contributed by atoms with E-state index in [1.54, 1.807) is 13.0 Å². The summed E-state index contributed by atoms with van der Waals surface area (Å²) < 4.78 is 4.93. The molecule has 0 spiro atoms. The van der Waals surface area contributed by atoms with Crippen LogP contribution < -0.4 is 5.32 Å². The molecule has 1 rings (SSSR count). The molecule has 0 bridgehead atoms. The van der Waals surface area contributed by atoms with E-state index < -0.39 is 0 Å². The largest absolute Gasteiger partial charge is 0.463 e. The third-order valence-corrected chi connectivity index (χ3v) is 2.42. The van der Waals surface area contributed by atoms with E-state index in [1.807, 2.05) is 31.2 Å². The first-order valence-corrected chi connectivity index (χ1v) is 5.98. The lowest BCUT2D eigenvalue weighted by molar-refractivity contribution is -0.137. The molecule has 0 amide bonds. The highest BCUT2D eigenvalue weighted by Crippen LogP contribution is 2.16. The predicted octanol–water partition coefficient (Wildman–Crippen LogP) is 2.67. The molecule has 96 valence electrons. The molecular weight excluding hydrogens is 226 g/mol. The fourth-order valence-corrected chi connectivity index (χ4v) is 1.58. The molecule has 3 heteroatoms. The molecule has 1 N–H and O–H groups in total. The summed E-state index contributed by atoms with van der Waals surface area (Å²) in [6.07, 6.45) is 3.23. The van der Waals surface area contributed by atoms with Gasteiger partial charge in [-0.1, -0.05) is 30.3 Å². The van der Waals surface area contributed by atoms with Gasteiger partial charge in [0, 0.05) is 23.9 Å². The molecule has 0 saturated carbocycles. The number of hydrogen-bond acceptors (Lipinski definition) is 3. The molecule has 0 aromatic heterocycles. The quantitative estimate of drug-likeness (QED) is 0.476. The molecule has 0 saturated heterocycles. The maximum atomic E-state index is 11.5. The number of carbonyl (C=O) groups is 1. The minimum Gasteiger partial charge on any atom is -0.463 e. The van der Waals surface area contributed by atoms with E-state index in [9.17, 15) is 4.79 Å². The lowest BCUT2D eigenvalue weighted by atomic mass is 10.1. The first-order valence-electron chi connectivity index (χ1n) is 5.98. The Labute approximate surface area is 108 Å². The van der Waals surface area contributed by atoms with Crippen LogP contribution >= 0.6 is 0 Å². The van der Waals surface area contributed by atoms with Crippen LogP contribution in [0.3, 0.4) is 0 Å². The van der Waals surface area contributed by atoms with Gasteiger partial charge in [-0.05, 0) is 19.4 Å². The summed E-state index contributed by atoms with van der Waals surface area (Å²) in [7, 11) is 0. The molecular formula is C15H19NO2. The number of ether oxygens (including phenoxy) is 1. The van der Waals surface area contributed by atoms with Crippen molar-refractivity contribution in [1.82, 2.24) is 5.32 Å².